The highest BCUT2D eigenvalue weighted by Crippen LogP contribution is 2.28. The number of hydrazine groups is 1. The van der Waals surface area contributed by atoms with Crippen molar-refractivity contribution in [2.45, 2.75) is 6.61 Å². The lowest BCUT2D eigenvalue weighted by Gasteiger charge is -2.08. The van der Waals surface area contributed by atoms with Crippen LogP contribution in [0.5, 0.6) is 5.75 Å². The summed E-state index contributed by atoms with van der Waals surface area (Å²) >= 11 is 11.8. The first-order valence-corrected chi connectivity index (χ1v) is 6.02. The SMILES string of the molecule is NNC(=O)c1occc1COc1cc(Cl)ccc1Cl. The zero-order valence-electron chi connectivity index (χ0n) is 9.65. The van der Waals surface area contributed by atoms with E-state index in [1.165, 1.54) is 6.26 Å². The maximum absolute atomic E-state index is 11.4. The average Bonchev–Trinajstić information content (AvgIpc) is 2.87. The summed E-state index contributed by atoms with van der Waals surface area (Å²) in [6, 6.07) is 6.49. The highest BCUT2D eigenvalue weighted by molar-refractivity contribution is 6.34. The second kappa shape index (κ2) is 5.97. The van der Waals surface area contributed by atoms with Crippen LogP contribution < -0.4 is 16.0 Å². The van der Waals surface area contributed by atoms with E-state index in [1.807, 2.05) is 5.43 Å². The van der Waals surface area contributed by atoms with Gasteiger partial charge in [0.1, 0.15) is 12.4 Å². The summed E-state index contributed by atoms with van der Waals surface area (Å²) < 4.78 is 10.5. The van der Waals surface area contributed by atoms with Gasteiger partial charge in [-0.1, -0.05) is 23.2 Å². The lowest BCUT2D eigenvalue weighted by Crippen LogP contribution is -2.30. The van der Waals surface area contributed by atoms with Crippen LogP contribution in [0.1, 0.15) is 16.1 Å². The molecule has 1 heterocycles. The van der Waals surface area contributed by atoms with Crippen molar-refractivity contribution in [1.29, 1.82) is 0 Å². The molecule has 100 valence electrons. The Hall–Kier alpha value is -1.69. The Balaban J connectivity index is 2.13. The van der Waals surface area contributed by atoms with Gasteiger partial charge in [-0.05, 0) is 18.2 Å². The second-order valence-corrected chi connectivity index (χ2v) is 4.46. The number of nitrogens with one attached hydrogen (secondary N) is 1. The number of rotatable bonds is 4. The minimum absolute atomic E-state index is 0.0978. The molecule has 1 aromatic carbocycles. The van der Waals surface area contributed by atoms with Gasteiger partial charge < -0.3 is 9.15 Å². The molecule has 2 rings (SSSR count). The first kappa shape index (κ1) is 13.7. The molecular formula is C12H10Cl2N2O3. The summed E-state index contributed by atoms with van der Waals surface area (Å²) in [6.45, 7) is 0.110. The van der Waals surface area contributed by atoms with Crippen molar-refractivity contribution < 1.29 is 13.9 Å². The van der Waals surface area contributed by atoms with Gasteiger partial charge in [-0.2, -0.15) is 0 Å². The van der Waals surface area contributed by atoms with Crippen molar-refractivity contribution in [3.05, 3.63) is 51.9 Å². The predicted molar refractivity (Wildman–Crippen MR) is 71.2 cm³/mol. The molecular weight excluding hydrogens is 291 g/mol. The van der Waals surface area contributed by atoms with Crippen LogP contribution in [0, 0.1) is 0 Å². The van der Waals surface area contributed by atoms with Crippen LogP contribution >= 0.6 is 23.2 Å². The minimum atomic E-state index is -0.527. The van der Waals surface area contributed by atoms with E-state index < -0.39 is 5.91 Å². The normalized spacial score (nSPS) is 10.3. The molecule has 1 aromatic heterocycles. The Bertz CT molecular complexity index is 598. The molecule has 0 spiro atoms. The van der Waals surface area contributed by atoms with E-state index in [-0.39, 0.29) is 12.4 Å². The van der Waals surface area contributed by atoms with Crippen LogP contribution in [-0.4, -0.2) is 5.91 Å². The van der Waals surface area contributed by atoms with Crippen LogP contribution in [0.15, 0.2) is 34.9 Å². The van der Waals surface area contributed by atoms with Gasteiger partial charge in [-0.15, -0.1) is 0 Å². The van der Waals surface area contributed by atoms with Crippen molar-refractivity contribution in [1.82, 2.24) is 5.43 Å². The molecule has 0 bridgehead atoms. The van der Waals surface area contributed by atoms with Crippen molar-refractivity contribution >= 4 is 29.1 Å². The number of nitrogens with two attached hydrogens (primary N) is 1. The molecule has 0 unspecified atom stereocenters. The molecule has 5 nitrogen and oxygen atoms in total. The van der Waals surface area contributed by atoms with Crippen LogP contribution in [0.3, 0.4) is 0 Å². The molecule has 1 amide bonds. The fourth-order valence-corrected chi connectivity index (χ4v) is 1.79. The molecule has 0 atom stereocenters. The van der Waals surface area contributed by atoms with Crippen LogP contribution in [-0.2, 0) is 6.61 Å². The third-order valence-electron chi connectivity index (χ3n) is 2.36. The lowest BCUT2D eigenvalue weighted by atomic mass is 10.2. The smallest absolute Gasteiger partial charge is 0.301 e. The van der Waals surface area contributed by atoms with Gasteiger partial charge in [0.2, 0.25) is 0 Å². The summed E-state index contributed by atoms with van der Waals surface area (Å²) in [5, 5.41) is 0.934. The van der Waals surface area contributed by atoms with E-state index in [1.54, 1.807) is 24.3 Å². The number of benzene rings is 1. The summed E-state index contributed by atoms with van der Waals surface area (Å²) in [4.78, 5) is 11.4. The van der Waals surface area contributed by atoms with Gasteiger partial charge in [-0.25, -0.2) is 5.84 Å². The van der Waals surface area contributed by atoms with E-state index in [0.717, 1.165) is 0 Å². The summed E-state index contributed by atoms with van der Waals surface area (Å²) in [5.41, 5.74) is 2.55. The average molecular weight is 301 g/mol. The Morgan fingerprint density at radius 1 is 1.37 bits per heavy atom. The van der Waals surface area contributed by atoms with E-state index in [0.29, 0.717) is 21.4 Å². The highest BCUT2D eigenvalue weighted by Gasteiger charge is 2.15. The monoisotopic (exact) mass is 300 g/mol. The van der Waals surface area contributed by atoms with Crippen molar-refractivity contribution in [3.8, 4) is 5.75 Å². The molecule has 0 aliphatic heterocycles. The molecule has 0 aliphatic rings. The van der Waals surface area contributed by atoms with Gasteiger partial charge in [0, 0.05) is 16.7 Å². The van der Waals surface area contributed by atoms with E-state index in [4.69, 9.17) is 38.2 Å². The lowest BCUT2D eigenvalue weighted by molar-refractivity contribution is 0.0922. The molecule has 0 aliphatic carbocycles. The number of carbonyl (C=O) groups is 1. The summed E-state index contributed by atoms with van der Waals surface area (Å²) in [6.07, 6.45) is 1.38. The number of hydrogen-bond acceptors (Lipinski definition) is 4. The molecule has 0 saturated carbocycles. The quantitative estimate of drug-likeness (QED) is 0.517. The van der Waals surface area contributed by atoms with Gasteiger partial charge >= 0.3 is 5.91 Å². The summed E-state index contributed by atoms with van der Waals surface area (Å²) in [7, 11) is 0. The number of amides is 1. The topological polar surface area (TPSA) is 77.5 Å². The van der Waals surface area contributed by atoms with Gasteiger partial charge in [0.25, 0.3) is 0 Å². The molecule has 2 aromatic rings. The van der Waals surface area contributed by atoms with Crippen molar-refractivity contribution in [3.63, 3.8) is 0 Å². The molecule has 0 saturated heterocycles. The molecule has 19 heavy (non-hydrogen) atoms. The Morgan fingerprint density at radius 3 is 2.89 bits per heavy atom. The van der Waals surface area contributed by atoms with Gasteiger partial charge in [0.05, 0.1) is 11.3 Å². The third-order valence-corrected chi connectivity index (χ3v) is 2.91. The highest BCUT2D eigenvalue weighted by atomic mass is 35.5. The van der Waals surface area contributed by atoms with Gasteiger partial charge in [-0.3, -0.25) is 10.2 Å². The molecule has 3 N–H and O–H groups in total. The minimum Gasteiger partial charge on any atom is -0.487 e. The predicted octanol–water partition coefficient (Wildman–Crippen LogP) is 2.77. The number of hydrogen-bond donors (Lipinski definition) is 2. The Labute approximate surface area is 119 Å². The van der Waals surface area contributed by atoms with E-state index in [2.05, 4.69) is 0 Å². The van der Waals surface area contributed by atoms with Crippen molar-refractivity contribution in [2.24, 2.45) is 5.84 Å². The zero-order valence-corrected chi connectivity index (χ0v) is 11.2. The number of carbonyl (C=O) groups excluding carboxylic acids is 1. The first-order chi connectivity index (χ1) is 9.11. The Kier molecular flexibility index (Phi) is 4.31. The number of furan rings is 1. The van der Waals surface area contributed by atoms with Crippen LogP contribution in [0.4, 0.5) is 0 Å². The van der Waals surface area contributed by atoms with Crippen LogP contribution in [0.2, 0.25) is 10.0 Å². The van der Waals surface area contributed by atoms with Crippen molar-refractivity contribution in [2.75, 3.05) is 0 Å². The van der Waals surface area contributed by atoms with E-state index >= 15 is 0 Å². The summed E-state index contributed by atoms with van der Waals surface area (Å²) in [5.74, 6) is 5.04. The number of halogens is 2. The standard InChI is InChI=1S/C12H10Cl2N2O3/c13-8-1-2-9(14)10(5-8)19-6-7-3-4-18-11(7)12(17)16-15/h1-5H,6,15H2,(H,16,17). The zero-order chi connectivity index (χ0) is 13.8. The second-order valence-electron chi connectivity index (χ2n) is 3.61. The maximum atomic E-state index is 11.4. The largest absolute Gasteiger partial charge is 0.487 e. The fourth-order valence-electron chi connectivity index (χ4n) is 1.46. The number of nitrogen functional groups attached to an aromatic ring is 1. The fraction of sp³-hybridized carbons (Fsp3) is 0.0833. The number of ether oxygens (including phenoxy) is 1. The maximum Gasteiger partial charge on any atom is 0.301 e. The van der Waals surface area contributed by atoms with Crippen LogP contribution in [0.25, 0.3) is 0 Å². The first-order valence-electron chi connectivity index (χ1n) is 5.27. The third kappa shape index (κ3) is 3.20. The van der Waals surface area contributed by atoms with E-state index in [9.17, 15) is 4.79 Å². The molecule has 7 heteroatoms. The molecule has 0 fully saturated rings. The Morgan fingerprint density at radius 2 is 2.16 bits per heavy atom. The van der Waals surface area contributed by atoms with Gasteiger partial charge in [0.15, 0.2) is 5.76 Å². The molecule has 0 radical (unpaired) electrons.